The molecule has 2 rings (SSSR count). The molecule has 2 aliphatic rings. The second-order valence-electron chi connectivity index (χ2n) is 4.11. The van der Waals surface area contributed by atoms with E-state index in [1.807, 2.05) is 7.11 Å². The molecular weight excluding hydrogens is 166 g/mol. The Morgan fingerprint density at radius 2 is 2.00 bits per heavy atom. The third-order valence-electron chi connectivity index (χ3n) is 3.15. The Hall–Kier alpha value is -0.120. The topological polar surface area (TPSA) is 21.7 Å². The molecule has 3 nitrogen and oxygen atoms in total. The first-order chi connectivity index (χ1) is 6.38. The molecule has 0 radical (unpaired) electrons. The molecular formula is C10H19NO2. The van der Waals surface area contributed by atoms with E-state index in [0.29, 0.717) is 6.10 Å². The molecule has 3 heteroatoms. The zero-order valence-corrected chi connectivity index (χ0v) is 8.37. The van der Waals surface area contributed by atoms with E-state index in [0.717, 1.165) is 32.2 Å². The minimum absolute atomic E-state index is 0.547. The maximum Gasteiger partial charge on any atom is 0.0594 e. The van der Waals surface area contributed by atoms with Crippen molar-refractivity contribution in [1.29, 1.82) is 0 Å². The van der Waals surface area contributed by atoms with E-state index >= 15 is 0 Å². The summed E-state index contributed by atoms with van der Waals surface area (Å²) in [5.41, 5.74) is 0. The molecule has 0 aromatic rings. The molecule has 0 aromatic carbocycles. The summed E-state index contributed by atoms with van der Waals surface area (Å²) in [6.45, 7) is 5.33. The van der Waals surface area contributed by atoms with Crippen molar-refractivity contribution in [3.8, 4) is 0 Å². The van der Waals surface area contributed by atoms with E-state index in [2.05, 4.69) is 4.90 Å². The highest BCUT2D eigenvalue weighted by atomic mass is 16.5. The average Bonchev–Trinajstić information content (AvgIpc) is 2.12. The molecule has 0 bridgehead atoms. The molecule has 0 unspecified atom stereocenters. The first-order valence-electron chi connectivity index (χ1n) is 5.21. The smallest absolute Gasteiger partial charge is 0.0594 e. The standard InChI is InChI=1S/C10H19NO2/c1-12-10-6-9(7-10)8-11-2-4-13-5-3-11/h9-10H,2-8H2,1H3. The van der Waals surface area contributed by atoms with E-state index in [4.69, 9.17) is 9.47 Å². The molecule has 2 fully saturated rings. The van der Waals surface area contributed by atoms with Crippen LogP contribution in [0, 0.1) is 5.92 Å². The zero-order chi connectivity index (χ0) is 9.10. The number of ether oxygens (including phenoxy) is 2. The summed E-state index contributed by atoms with van der Waals surface area (Å²) in [6.07, 6.45) is 3.06. The summed E-state index contributed by atoms with van der Waals surface area (Å²) in [7, 11) is 1.82. The van der Waals surface area contributed by atoms with Crippen LogP contribution >= 0.6 is 0 Å². The van der Waals surface area contributed by atoms with Gasteiger partial charge in [0.1, 0.15) is 0 Å². The predicted molar refractivity (Wildman–Crippen MR) is 50.8 cm³/mol. The normalized spacial score (nSPS) is 35.8. The maximum atomic E-state index is 5.31. The lowest BCUT2D eigenvalue weighted by molar-refractivity contribution is -0.0275. The van der Waals surface area contributed by atoms with Crippen LogP contribution in [-0.2, 0) is 9.47 Å². The minimum Gasteiger partial charge on any atom is -0.381 e. The summed E-state index contributed by atoms with van der Waals surface area (Å²) in [6, 6.07) is 0. The quantitative estimate of drug-likeness (QED) is 0.647. The summed E-state index contributed by atoms with van der Waals surface area (Å²) in [5.74, 6) is 0.878. The minimum atomic E-state index is 0.547. The van der Waals surface area contributed by atoms with E-state index in [1.165, 1.54) is 19.4 Å². The molecule has 0 aromatic heterocycles. The molecule has 0 amide bonds. The van der Waals surface area contributed by atoms with Crippen molar-refractivity contribution < 1.29 is 9.47 Å². The highest BCUT2D eigenvalue weighted by Crippen LogP contribution is 2.30. The van der Waals surface area contributed by atoms with Crippen molar-refractivity contribution in [2.24, 2.45) is 5.92 Å². The largest absolute Gasteiger partial charge is 0.381 e. The van der Waals surface area contributed by atoms with E-state index in [1.54, 1.807) is 0 Å². The molecule has 1 aliphatic carbocycles. The van der Waals surface area contributed by atoms with Crippen LogP contribution in [0.2, 0.25) is 0 Å². The zero-order valence-electron chi connectivity index (χ0n) is 8.37. The van der Waals surface area contributed by atoms with Gasteiger partial charge in [0.25, 0.3) is 0 Å². The predicted octanol–water partition coefficient (Wildman–Crippen LogP) is 0.744. The van der Waals surface area contributed by atoms with Gasteiger partial charge >= 0.3 is 0 Å². The second kappa shape index (κ2) is 4.40. The van der Waals surface area contributed by atoms with Crippen LogP contribution in [-0.4, -0.2) is 51.0 Å². The van der Waals surface area contributed by atoms with Gasteiger partial charge in [0, 0.05) is 26.7 Å². The van der Waals surface area contributed by atoms with Gasteiger partial charge in [0.05, 0.1) is 19.3 Å². The number of hydrogen-bond donors (Lipinski definition) is 0. The average molecular weight is 185 g/mol. The van der Waals surface area contributed by atoms with Gasteiger partial charge in [-0.2, -0.15) is 0 Å². The Labute approximate surface area is 80.0 Å². The fourth-order valence-electron chi connectivity index (χ4n) is 2.16. The summed E-state index contributed by atoms with van der Waals surface area (Å²) in [5, 5.41) is 0. The third kappa shape index (κ3) is 2.42. The van der Waals surface area contributed by atoms with E-state index < -0.39 is 0 Å². The molecule has 1 saturated carbocycles. The molecule has 1 aliphatic heterocycles. The molecule has 76 valence electrons. The van der Waals surface area contributed by atoms with Crippen LogP contribution < -0.4 is 0 Å². The van der Waals surface area contributed by atoms with Crippen molar-refractivity contribution in [3.63, 3.8) is 0 Å². The number of rotatable bonds is 3. The molecule has 1 saturated heterocycles. The summed E-state index contributed by atoms with van der Waals surface area (Å²) in [4.78, 5) is 2.51. The molecule has 0 spiro atoms. The van der Waals surface area contributed by atoms with Crippen LogP contribution in [0.1, 0.15) is 12.8 Å². The van der Waals surface area contributed by atoms with Crippen LogP contribution in [0.25, 0.3) is 0 Å². The van der Waals surface area contributed by atoms with Gasteiger partial charge in [0.2, 0.25) is 0 Å². The van der Waals surface area contributed by atoms with Crippen molar-refractivity contribution in [2.45, 2.75) is 18.9 Å². The van der Waals surface area contributed by atoms with Gasteiger partial charge in [-0.05, 0) is 18.8 Å². The molecule has 1 heterocycles. The fourth-order valence-corrected chi connectivity index (χ4v) is 2.16. The number of morpholine rings is 1. The third-order valence-corrected chi connectivity index (χ3v) is 3.15. The number of methoxy groups -OCH3 is 1. The monoisotopic (exact) mass is 185 g/mol. The second-order valence-corrected chi connectivity index (χ2v) is 4.11. The first kappa shape index (κ1) is 9.44. The lowest BCUT2D eigenvalue weighted by Crippen LogP contribution is -2.44. The van der Waals surface area contributed by atoms with Crippen LogP contribution in [0.15, 0.2) is 0 Å². The van der Waals surface area contributed by atoms with Crippen molar-refractivity contribution >= 4 is 0 Å². The van der Waals surface area contributed by atoms with Gasteiger partial charge in [-0.15, -0.1) is 0 Å². The summed E-state index contributed by atoms with van der Waals surface area (Å²) >= 11 is 0. The highest BCUT2D eigenvalue weighted by Gasteiger charge is 2.30. The Balaban J connectivity index is 1.62. The Kier molecular flexibility index (Phi) is 3.19. The molecule has 0 N–H and O–H groups in total. The van der Waals surface area contributed by atoms with Gasteiger partial charge in [0.15, 0.2) is 0 Å². The maximum absolute atomic E-state index is 5.31. The molecule has 0 atom stereocenters. The first-order valence-corrected chi connectivity index (χ1v) is 5.21. The Morgan fingerprint density at radius 1 is 1.31 bits per heavy atom. The number of hydrogen-bond acceptors (Lipinski definition) is 3. The van der Waals surface area contributed by atoms with Crippen molar-refractivity contribution in [3.05, 3.63) is 0 Å². The van der Waals surface area contributed by atoms with Gasteiger partial charge in [-0.3, -0.25) is 4.90 Å². The SMILES string of the molecule is COC1CC(CN2CCOCC2)C1. The van der Waals surface area contributed by atoms with Gasteiger partial charge in [-0.25, -0.2) is 0 Å². The van der Waals surface area contributed by atoms with Crippen molar-refractivity contribution in [1.82, 2.24) is 4.90 Å². The Bertz CT molecular complexity index is 151. The van der Waals surface area contributed by atoms with Crippen LogP contribution in [0.4, 0.5) is 0 Å². The van der Waals surface area contributed by atoms with E-state index in [9.17, 15) is 0 Å². The molecule has 13 heavy (non-hydrogen) atoms. The van der Waals surface area contributed by atoms with Crippen LogP contribution in [0.5, 0.6) is 0 Å². The Morgan fingerprint density at radius 3 is 2.62 bits per heavy atom. The fraction of sp³-hybridized carbons (Fsp3) is 1.00. The summed E-state index contributed by atoms with van der Waals surface area (Å²) < 4.78 is 10.6. The lowest BCUT2D eigenvalue weighted by Gasteiger charge is -2.38. The van der Waals surface area contributed by atoms with Gasteiger partial charge in [-0.1, -0.05) is 0 Å². The van der Waals surface area contributed by atoms with E-state index in [-0.39, 0.29) is 0 Å². The lowest BCUT2D eigenvalue weighted by atomic mass is 9.82. The number of nitrogens with zero attached hydrogens (tertiary/aromatic N) is 1. The van der Waals surface area contributed by atoms with Crippen LogP contribution in [0.3, 0.4) is 0 Å². The highest BCUT2D eigenvalue weighted by molar-refractivity contribution is 4.82. The van der Waals surface area contributed by atoms with Gasteiger partial charge < -0.3 is 9.47 Å². The van der Waals surface area contributed by atoms with Crippen molar-refractivity contribution in [2.75, 3.05) is 40.0 Å².